The van der Waals surface area contributed by atoms with Gasteiger partial charge in [-0.25, -0.2) is 0 Å². The van der Waals surface area contributed by atoms with Gasteiger partial charge in [0, 0.05) is 19.3 Å². The van der Waals surface area contributed by atoms with E-state index < -0.39 is 0 Å². The molecule has 2 heteroatoms. The minimum atomic E-state index is 0.652. The quantitative estimate of drug-likeness (QED) is 0.579. The molecule has 2 unspecified atom stereocenters. The third kappa shape index (κ3) is 8.12. The van der Waals surface area contributed by atoms with Crippen molar-refractivity contribution in [2.24, 2.45) is 11.8 Å². The molecule has 2 nitrogen and oxygen atoms in total. The molecular weight excluding hydrogens is 198 g/mol. The van der Waals surface area contributed by atoms with Crippen LogP contribution >= 0.6 is 0 Å². The summed E-state index contributed by atoms with van der Waals surface area (Å²) in [6, 6.07) is 0.652. The highest BCUT2D eigenvalue weighted by atomic mass is 16.5. The van der Waals surface area contributed by atoms with E-state index in [4.69, 9.17) is 4.74 Å². The van der Waals surface area contributed by atoms with Crippen LogP contribution in [0.5, 0.6) is 0 Å². The third-order valence-corrected chi connectivity index (χ3v) is 3.15. The highest BCUT2D eigenvalue weighted by molar-refractivity contribution is 4.70. The minimum Gasteiger partial charge on any atom is -0.381 e. The average Bonchev–Trinajstić information content (AvgIpc) is 2.24. The predicted octanol–water partition coefficient (Wildman–Crippen LogP) is 3.46. The fourth-order valence-electron chi connectivity index (χ4n) is 1.90. The molecule has 16 heavy (non-hydrogen) atoms. The lowest BCUT2D eigenvalue weighted by Gasteiger charge is -2.23. The Hall–Kier alpha value is -0.0800. The van der Waals surface area contributed by atoms with Gasteiger partial charge in [0.15, 0.2) is 0 Å². The molecule has 0 aromatic heterocycles. The predicted molar refractivity (Wildman–Crippen MR) is 71.8 cm³/mol. The van der Waals surface area contributed by atoms with Gasteiger partial charge in [-0.2, -0.15) is 0 Å². The lowest BCUT2D eigenvalue weighted by atomic mass is 9.96. The van der Waals surface area contributed by atoms with Gasteiger partial charge in [-0.1, -0.05) is 34.6 Å². The molecular formula is C14H31NO. The summed E-state index contributed by atoms with van der Waals surface area (Å²) < 4.78 is 5.66. The topological polar surface area (TPSA) is 21.3 Å². The van der Waals surface area contributed by atoms with Crippen LogP contribution in [-0.4, -0.2) is 25.8 Å². The van der Waals surface area contributed by atoms with Crippen molar-refractivity contribution >= 4 is 0 Å². The van der Waals surface area contributed by atoms with Crippen molar-refractivity contribution in [3.63, 3.8) is 0 Å². The summed E-state index contributed by atoms with van der Waals surface area (Å²) in [7, 11) is 0. The monoisotopic (exact) mass is 229 g/mol. The summed E-state index contributed by atoms with van der Waals surface area (Å²) in [4.78, 5) is 0. The Morgan fingerprint density at radius 1 is 1.00 bits per heavy atom. The SMILES string of the molecule is CCNC(CC)C(C)CCOCCC(C)C. The first-order valence-electron chi connectivity index (χ1n) is 6.92. The fourth-order valence-corrected chi connectivity index (χ4v) is 1.90. The number of hydrogen-bond acceptors (Lipinski definition) is 2. The zero-order valence-corrected chi connectivity index (χ0v) is 11.9. The maximum atomic E-state index is 5.66. The maximum absolute atomic E-state index is 5.66. The second kappa shape index (κ2) is 10.1. The zero-order valence-electron chi connectivity index (χ0n) is 11.9. The largest absolute Gasteiger partial charge is 0.381 e. The lowest BCUT2D eigenvalue weighted by molar-refractivity contribution is 0.107. The van der Waals surface area contributed by atoms with Crippen molar-refractivity contribution in [1.82, 2.24) is 5.32 Å². The van der Waals surface area contributed by atoms with Crippen molar-refractivity contribution in [2.45, 2.75) is 59.9 Å². The summed E-state index contributed by atoms with van der Waals surface area (Å²) in [6.45, 7) is 14.1. The molecule has 2 atom stereocenters. The van der Waals surface area contributed by atoms with Crippen molar-refractivity contribution in [1.29, 1.82) is 0 Å². The first kappa shape index (κ1) is 15.9. The Balaban J connectivity index is 3.51. The molecule has 0 heterocycles. The first-order valence-corrected chi connectivity index (χ1v) is 6.92. The van der Waals surface area contributed by atoms with E-state index >= 15 is 0 Å². The van der Waals surface area contributed by atoms with Crippen LogP contribution in [-0.2, 0) is 4.74 Å². The number of rotatable bonds is 10. The van der Waals surface area contributed by atoms with Crippen molar-refractivity contribution in [3.8, 4) is 0 Å². The Kier molecular flexibility index (Phi) is 10.0. The summed E-state index contributed by atoms with van der Waals surface area (Å²) >= 11 is 0. The van der Waals surface area contributed by atoms with Crippen LogP contribution in [0.15, 0.2) is 0 Å². The van der Waals surface area contributed by atoms with Crippen molar-refractivity contribution in [2.75, 3.05) is 19.8 Å². The molecule has 1 N–H and O–H groups in total. The number of ether oxygens (including phenoxy) is 1. The Morgan fingerprint density at radius 3 is 2.12 bits per heavy atom. The van der Waals surface area contributed by atoms with Gasteiger partial charge < -0.3 is 10.1 Å². The second-order valence-electron chi connectivity index (χ2n) is 5.13. The molecule has 0 aromatic rings. The van der Waals surface area contributed by atoms with Gasteiger partial charge in [0.05, 0.1) is 0 Å². The maximum Gasteiger partial charge on any atom is 0.0469 e. The number of nitrogens with one attached hydrogen (secondary N) is 1. The van der Waals surface area contributed by atoms with E-state index in [-0.39, 0.29) is 0 Å². The Bertz CT molecular complexity index is 148. The van der Waals surface area contributed by atoms with Crippen LogP contribution in [0.25, 0.3) is 0 Å². The minimum absolute atomic E-state index is 0.652. The average molecular weight is 229 g/mol. The highest BCUT2D eigenvalue weighted by Gasteiger charge is 2.13. The molecule has 0 saturated carbocycles. The van der Waals surface area contributed by atoms with E-state index in [2.05, 4.69) is 39.9 Å². The molecule has 0 aliphatic rings. The van der Waals surface area contributed by atoms with E-state index in [0.29, 0.717) is 12.0 Å². The Morgan fingerprint density at radius 2 is 1.62 bits per heavy atom. The molecule has 0 saturated heterocycles. The van der Waals surface area contributed by atoms with Crippen LogP contribution in [0, 0.1) is 11.8 Å². The molecule has 0 aromatic carbocycles. The van der Waals surface area contributed by atoms with Gasteiger partial charge in [0.25, 0.3) is 0 Å². The van der Waals surface area contributed by atoms with E-state index in [9.17, 15) is 0 Å². The van der Waals surface area contributed by atoms with E-state index in [1.54, 1.807) is 0 Å². The van der Waals surface area contributed by atoms with Gasteiger partial charge >= 0.3 is 0 Å². The highest BCUT2D eigenvalue weighted by Crippen LogP contribution is 2.11. The molecule has 0 radical (unpaired) electrons. The van der Waals surface area contributed by atoms with Crippen LogP contribution < -0.4 is 5.32 Å². The first-order chi connectivity index (χ1) is 7.61. The fraction of sp³-hybridized carbons (Fsp3) is 1.00. The van der Waals surface area contributed by atoms with E-state index in [0.717, 1.165) is 25.7 Å². The van der Waals surface area contributed by atoms with Gasteiger partial charge in [0.2, 0.25) is 0 Å². The van der Waals surface area contributed by atoms with Gasteiger partial charge in [-0.05, 0) is 37.6 Å². The summed E-state index contributed by atoms with van der Waals surface area (Å²) in [5.74, 6) is 1.46. The molecule has 98 valence electrons. The van der Waals surface area contributed by atoms with E-state index in [1.165, 1.54) is 19.3 Å². The molecule has 0 spiro atoms. The van der Waals surface area contributed by atoms with Gasteiger partial charge in [-0.15, -0.1) is 0 Å². The van der Waals surface area contributed by atoms with Crippen LogP contribution in [0.2, 0.25) is 0 Å². The second-order valence-corrected chi connectivity index (χ2v) is 5.13. The molecule has 0 bridgehead atoms. The summed E-state index contributed by atoms with van der Waals surface area (Å²) in [6.07, 6.45) is 3.56. The van der Waals surface area contributed by atoms with Gasteiger partial charge in [-0.3, -0.25) is 0 Å². The molecule has 0 rings (SSSR count). The molecule has 0 fully saturated rings. The van der Waals surface area contributed by atoms with Crippen LogP contribution in [0.1, 0.15) is 53.9 Å². The Labute approximate surface area is 102 Å². The van der Waals surface area contributed by atoms with E-state index in [1.807, 2.05) is 0 Å². The molecule has 0 aliphatic carbocycles. The third-order valence-electron chi connectivity index (χ3n) is 3.15. The van der Waals surface area contributed by atoms with Crippen LogP contribution in [0.4, 0.5) is 0 Å². The number of hydrogen-bond donors (Lipinski definition) is 1. The smallest absolute Gasteiger partial charge is 0.0469 e. The van der Waals surface area contributed by atoms with Crippen molar-refractivity contribution in [3.05, 3.63) is 0 Å². The normalized spacial score (nSPS) is 15.4. The standard InChI is InChI=1S/C14H31NO/c1-6-14(15-7-2)13(5)9-11-16-10-8-12(3)4/h12-15H,6-11H2,1-5H3. The zero-order chi connectivity index (χ0) is 12.4. The van der Waals surface area contributed by atoms with Crippen molar-refractivity contribution < 1.29 is 4.74 Å². The molecule has 0 aliphatic heterocycles. The summed E-state index contributed by atoms with van der Waals surface area (Å²) in [5.41, 5.74) is 0. The summed E-state index contributed by atoms with van der Waals surface area (Å²) in [5, 5.41) is 3.54. The van der Waals surface area contributed by atoms with Crippen LogP contribution in [0.3, 0.4) is 0 Å². The lowest BCUT2D eigenvalue weighted by Crippen LogP contribution is -2.34. The van der Waals surface area contributed by atoms with Gasteiger partial charge in [0.1, 0.15) is 0 Å². The molecule has 0 amide bonds.